The summed E-state index contributed by atoms with van der Waals surface area (Å²) in [6.07, 6.45) is 2.58. The zero-order chi connectivity index (χ0) is 13.1. The van der Waals surface area contributed by atoms with Gasteiger partial charge < -0.3 is 15.0 Å². The van der Waals surface area contributed by atoms with Gasteiger partial charge in [0.25, 0.3) is 0 Å². The second-order valence-corrected chi connectivity index (χ2v) is 5.75. The highest BCUT2D eigenvalue weighted by molar-refractivity contribution is 5.76. The van der Waals surface area contributed by atoms with Crippen molar-refractivity contribution in [2.45, 2.75) is 57.7 Å². The number of methoxy groups -OCH3 is 1. The molecule has 2 atom stereocenters. The van der Waals surface area contributed by atoms with Crippen molar-refractivity contribution in [2.75, 3.05) is 20.7 Å². The van der Waals surface area contributed by atoms with Crippen molar-refractivity contribution < 1.29 is 9.53 Å². The van der Waals surface area contributed by atoms with Crippen molar-refractivity contribution in [1.29, 1.82) is 0 Å². The van der Waals surface area contributed by atoms with Crippen LogP contribution in [0.3, 0.4) is 0 Å². The Hall–Kier alpha value is -0.610. The van der Waals surface area contributed by atoms with Gasteiger partial charge in [0.15, 0.2) is 0 Å². The van der Waals surface area contributed by atoms with Crippen LogP contribution in [0.4, 0.5) is 0 Å². The monoisotopic (exact) mass is 242 g/mol. The zero-order valence-electron chi connectivity index (χ0n) is 11.7. The summed E-state index contributed by atoms with van der Waals surface area (Å²) in [5, 5.41) is 3.59. The molecular weight excluding hydrogens is 216 g/mol. The van der Waals surface area contributed by atoms with Crippen LogP contribution in [0.2, 0.25) is 0 Å². The predicted molar refractivity (Wildman–Crippen MR) is 69.0 cm³/mol. The van der Waals surface area contributed by atoms with Crippen LogP contribution in [0, 0.1) is 0 Å². The van der Waals surface area contributed by atoms with E-state index in [1.807, 2.05) is 11.9 Å². The molecular formula is C13H26N2O2. The topological polar surface area (TPSA) is 41.6 Å². The van der Waals surface area contributed by atoms with E-state index in [1.165, 1.54) is 0 Å². The van der Waals surface area contributed by atoms with E-state index in [0.29, 0.717) is 18.5 Å². The number of likely N-dealkylation sites (N-methyl/N-ethyl adjacent to an activating group) is 1. The van der Waals surface area contributed by atoms with Crippen LogP contribution in [0.25, 0.3) is 0 Å². The van der Waals surface area contributed by atoms with E-state index in [9.17, 15) is 4.79 Å². The molecule has 2 unspecified atom stereocenters. The minimum absolute atomic E-state index is 0.0944. The fraction of sp³-hybridized carbons (Fsp3) is 0.923. The molecule has 1 rings (SSSR count). The highest BCUT2D eigenvalue weighted by Gasteiger charge is 2.26. The van der Waals surface area contributed by atoms with Gasteiger partial charge in [-0.15, -0.1) is 0 Å². The number of hydrogen-bond donors (Lipinski definition) is 1. The van der Waals surface area contributed by atoms with E-state index in [0.717, 1.165) is 19.4 Å². The fourth-order valence-electron chi connectivity index (χ4n) is 2.43. The van der Waals surface area contributed by atoms with E-state index in [4.69, 9.17) is 4.74 Å². The van der Waals surface area contributed by atoms with E-state index < -0.39 is 0 Å². The molecule has 0 bridgehead atoms. The first-order chi connectivity index (χ1) is 7.84. The zero-order valence-corrected chi connectivity index (χ0v) is 11.7. The molecule has 100 valence electrons. The highest BCUT2D eigenvalue weighted by Crippen LogP contribution is 2.17. The van der Waals surface area contributed by atoms with Crippen LogP contribution < -0.4 is 5.32 Å². The SMILES string of the molecule is COC(C)(C)CC(C)NC1CCC(=O)N(C)C1. The molecule has 0 radical (unpaired) electrons. The number of likely N-dealkylation sites (tertiary alicyclic amines) is 1. The third kappa shape index (κ3) is 4.64. The van der Waals surface area contributed by atoms with E-state index in [1.54, 1.807) is 7.11 Å². The third-order valence-electron chi connectivity index (χ3n) is 3.50. The molecule has 17 heavy (non-hydrogen) atoms. The first-order valence-electron chi connectivity index (χ1n) is 6.39. The molecule has 0 aromatic rings. The Morgan fingerprint density at radius 2 is 2.24 bits per heavy atom. The minimum Gasteiger partial charge on any atom is -0.379 e. The summed E-state index contributed by atoms with van der Waals surface area (Å²) < 4.78 is 5.43. The number of amides is 1. The van der Waals surface area contributed by atoms with Crippen LogP contribution in [0.15, 0.2) is 0 Å². The lowest BCUT2D eigenvalue weighted by Crippen LogP contribution is -2.50. The van der Waals surface area contributed by atoms with Gasteiger partial charge in [-0.1, -0.05) is 0 Å². The molecule has 1 saturated heterocycles. The van der Waals surface area contributed by atoms with Crippen LogP contribution in [0.5, 0.6) is 0 Å². The van der Waals surface area contributed by atoms with E-state index in [-0.39, 0.29) is 11.5 Å². The summed E-state index contributed by atoms with van der Waals surface area (Å²) in [5.41, 5.74) is -0.0944. The number of hydrogen-bond acceptors (Lipinski definition) is 3. The van der Waals surface area contributed by atoms with Gasteiger partial charge >= 0.3 is 0 Å². The van der Waals surface area contributed by atoms with Gasteiger partial charge in [-0.05, 0) is 33.6 Å². The lowest BCUT2D eigenvalue weighted by atomic mass is 9.97. The number of carbonyl (C=O) groups is 1. The van der Waals surface area contributed by atoms with Gasteiger partial charge in [0.2, 0.25) is 5.91 Å². The first-order valence-corrected chi connectivity index (χ1v) is 6.39. The Bertz CT molecular complexity index is 266. The van der Waals surface area contributed by atoms with Gasteiger partial charge in [-0.3, -0.25) is 4.79 Å². The van der Waals surface area contributed by atoms with Gasteiger partial charge in [-0.2, -0.15) is 0 Å². The Morgan fingerprint density at radius 3 is 2.76 bits per heavy atom. The van der Waals surface area contributed by atoms with Crippen molar-refractivity contribution in [1.82, 2.24) is 10.2 Å². The standard InChI is InChI=1S/C13H26N2O2/c1-10(8-13(2,3)17-5)14-11-6-7-12(16)15(4)9-11/h10-11,14H,6-9H2,1-5H3. The molecule has 1 amide bonds. The number of piperidine rings is 1. The van der Waals surface area contributed by atoms with Crippen LogP contribution in [0.1, 0.15) is 40.0 Å². The quantitative estimate of drug-likeness (QED) is 0.792. The van der Waals surface area contributed by atoms with Gasteiger partial charge in [0.1, 0.15) is 0 Å². The smallest absolute Gasteiger partial charge is 0.222 e. The second-order valence-electron chi connectivity index (χ2n) is 5.75. The maximum absolute atomic E-state index is 11.4. The average Bonchev–Trinajstić information content (AvgIpc) is 2.23. The van der Waals surface area contributed by atoms with Crippen molar-refractivity contribution in [3.8, 4) is 0 Å². The first kappa shape index (κ1) is 14.5. The number of carbonyl (C=O) groups excluding carboxylic acids is 1. The molecule has 0 saturated carbocycles. The lowest BCUT2D eigenvalue weighted by molar-refractivity contribution is -0.132. The average molecular weight is 242 g/mol. The number of nitrogens with zero attached hydrogens (tertiary/aromatic N) is 1. The second kappa shape index (κ2) is 5.83. The summed E-state index contributed by atoms with van der Waals surface area (Å²) in [6.45, 7) is 7.19. The summed E-state index contributed by atoms with van der Waals surface area (Å²) in [4.78, 5) is 13.2. The van der Waals surface area contributed by atoms with Crippen LogP contribution in [-0.4, -0.2) is 49.2 Å². The van der Waals surface area contributed by atoms with Crippen LogP contribution in [-0.2, 0) is 9.53 Å². The Labute approximate surface area is 105 Å². The normalized spacial score (nSPS) is 23.9. The summed E-state index contributed by atoms with van der Waals surface area (Å²) in [6, 6.07) is 0.817. The third-order valence-corrected chi connectivity index (χ3v) is 3.50. The number of ether oxygens (including phenoxy) is 1. The van der Waals surface area contributed by atoms with Crippen molar-refractivity contribution >= 4 is 5.91 Å². The van der Waals surface area contributed by atoms with Crippen molar-refractivity contribution in [3.63, 3.8) is 0 Å². The molecule has 1 fully saturated rings. The summed E-state index contributed by atoms with van der Waals surface area (Å²) in [7, 11) is 3.62. The molecule has 0 spiro atoms. The van der Waals surface area contributed by atoms with Crippen molar-refractivity contribution in [3.05, 3.63) is 0 Å². The molecule has 0 aromatic carbocycles. The Balaban J connectivity index is 2.36. The Morgan fingerprint density at radius 1 is 1.59 bits per heavy atom. The molecule has 1 heterocycles. The maximum Gasteiger partial charge on any atom is 0.222 e. The molecule has 1 N–H and O–H groups in total. The number of rotatable bonds is 5. The van der Waals surface area contributed by atoms with Crippen molar-refractivity contribution in [2.24, 2.45) is 0 Å². The maximum atomic E-state index is 11.4. The highest BCUT2D eigenvalue weighted by atomic mass is 16.5. The fourth-order valence-corrected chi connectivity index (χ4v) is 2.43. The molecule has 4 nitrogen and oxygen atoms in total. The van der Waals surface area contributed by atoms with Gasteiger partial charge in [-0.25, -0.2) is 0 Å². The lowest BCUT2D eigenvalue weighted by Gasteiger charge is -2.34. The summed E-state index contributed by atoms with van der Waals surface area (Å²) >= 11 is 0. The van der Waals surface area contributed by atoms with Gasteiger partial charge in [0.05, 0.1) is 5.60 Å². The number of nitrogens with one attached hydrogen (secondary N) is 1. The molecule has 1 aliphatic heterocycles. The van der Waals surface area contributed by atoms with Crippen LogP contribution >= 0.6 is 0 Å². The molecule has 0 aliphatic carbocycles. The van der Waals surface area contributed by atoms with E-state index in [2.05, 4.69) is 26.1 Å². The Kier molecular flexibility index (Phi) is 4.95. The largest absolute Gasteiger partial charge is 0.379 e. The molecule has 0 aromatic heterocycles. The minimum atomic E-state index is -0.0944. The molecule has 4 heteroatoms. The van der Waals surface area contributed by atoms with Gasteiger partial charge in [0, 0.05) is 39.2 Å². The molecule has 1 aliphatic rings. The summed E-state index contributed by atoms with van der Waals surface area (Å²) in [5.74, 6) is 0.257. The predicted octanol–water partition coefficient (Wildman–Crippen LogP) is 1.40. The van der Waals surface area contributed by atoms with E-state index >= 15 is 0 Å².